The lowest BCUT2D eigenvalue weighted by molar-refractivity contribution is -0.158. The van der Waals surface area contributed by atoms with Crippen molar-refractivity contribution in [2.75, 3.05) is 26.0 Å². The van der Waals surface area contributed by atoms with E-state index in [1.807, 2.05) is 36.4 Å². The summed E-state index contributed by atoms with van der Waals surface area (Å²) in [4.78, 5) is 39.6. The summed E-state index contributed by atoms with van der Waals surface area (Å²) >= 11 is 1.58. The van der Waals surface area contributed by atoms with Gasteiger partial charge >= 0.3 is 5.97 Å². The third kappa shape index (κ3) is 3.65. The van der Waals surface area contributed by atoms with Crippen LogP contribution >= 0.6 is 11.8 Å². The van der Waals surface area contributed by atoms with Crippen LogP contribution in [0, 0.1) is 11.3 Å². The zero-order valence-corrected chi connectivity index (χ0v) is 15.9. The van der Waals surface area contributed by atoms with E-state index >= 15 is 0 Å². The minimum Gasteiger partial charge on any atom is -0.454 e. The fourth-order valence-electron chi connectivity index (χ4n) is 3.50. The summed E-state index contributed by atoms with van der Waals surface area (Å²) in [5.41, 5.74) is 1.00. The highest BCUT2D eigenvalue weighted by atomic mass is 32.2. The summed E-state index contributed by atoms with van der Waals surface area (Å²) in [6.07, 6.45) is 1.26. The normalized spacial score (nSPS) is 23.6. The van der Waals surface area contributed by atoms with Crippen LogP contribution in [-0.2, 0) is 24.0 Å². The van der Waals surface area contributed by atoms with Crippen LogP contribution < -0.4 is 0 Å². The first-order valence-corrected chi connectivity index (χ1v) is 9.77. The molecule has 27 heavy (non-hydrogen) atoms. The highest BCUT2D eigenvalue weighted by molar-refractivity contribution is 8.00. The van der Waals surface area contributed by atoms with Gasteiger partial charge in [-0.3, -0.25) is 9.59 Å². The predicted molar refractivity (Wildman–Crippen MR) is 99.3 cm³/mol. The topological polar surface area (TPSA) is 90.7 Å². The molecule has 2 heterocycles. The number of nitriles is 1. The molecule has 2 saturated heterocycles. The molecule has 0 spiro atoms. The zero-order valence-electron chi connectivity index (χ0n) is 15.1. The Morgan fingerprint density at radius 1 is 1.41 bits per heavy atom. The molecule has 2 aliphatic rings. The molecule has 7 nitrogen and oxygen atoms in total. The van der Waals surface area contributed by atoms with Crippen molar-refractivity contribution in [2.45, 2.75) is 30.2 Å². The molecule has 0 unspecified atom stereocenters. The van der Waals surface area contributed by atoms with Crippen molar-refractivity contribution in [3.8, 4) is 6.07 Å². The molecule has 2 aliphatic heterocycles. The number of carbonyl (C=O) groups excluding carboxylic acids is 3. The minimum atomic E-state index is -0.692. The molecule has 0 N–H and O–H groups in total. The molecule has 1 aromatic carbocycles. The highest BCUT2D eigenvalue weighted by Gasteiger charge is 2.57. The third-order valence-corrected chi connectivity index (χ3v) is 6.54. The van der Waals surface area contributed by atoms with Crippen LogP contribution in [0.15, 0.2) is 30.3 Å². The number of likely N-dealkylation sites (N-methyl/N-ethyl adjacent to an activating group) is 1. The Balaban J connectivity index is 1.67. The van der Waals surface area contributed by atoms with Gasteiger partial charge in [0.2, 0.25) is 5.91 Å². The quantitative estimate of drug-likeness (QED) is 0.687. The number of nitrogens with zero attached hydrogens (tertiary/aromatic N) is 3. The second kappa shape index (κ2) is 8.01. The van der Waals surface area contributed by atoms with E-state index < -0.39 is 16.9 Å². The molecule has 2 amide bonds. The van der Waals surface area contributed by atoms with E-state index in [2.05, 4.69) is 0 Å². The number of fused-ring (bicyclic) bond motifs is 1. The van der Waals surface area contributed by atoms with Gasteiger partial charge in [0, 0.05) is 25.8 Å². The lowest BCUT2D eigenvalue weighted by Crippen LogP contribution is -2.47. The van der Waals surface area contributed by atoms with E-state index in [4.69, 9.17) is 10.00 Å². The number of carbonyl (C=O) groups is 3. The number of rotatable bonds is 6. The second-order valence-electron chi connectivity index (χ2n) is 6.57. The molecule has 2 atom stereocenters. The second-order valence-corrected chi connectivity index (χ2v) is 7.87. The molecule has 0 radical (unpaired) electrons. The van der Waals surface area contributed by atoms with Crippen LogP contribution in [0.3, 0.4) is 0 Å². The maximum atomic E-state index is 12.6. The molecule has 0 aromatic heterocycles. The predicted octanol–water partition coefficient (Wildman–Crippen LogP) is 1.49. The molecule has 0 bridgehead atoms. The van der Waals surface area contributed by atoms with Crippen molar-refractivity contribution < 1.29 is 19.1 Å². The average molecular weight is 387 g/mol. The maximum absolute atomic E-state index is 12.6. The molecular formula is C19H21N3O4S. The first-order chi connectivity index (χ1) is 13.0. The Bertz CT molecular complexity index is 779. The van der Waals surface area contributed by atoms with E-state index in [0.717, 1.165) is 5.56 Å². The smallest absolute Gasteiger partial charge is 0.330 e. The molecule has 1 aromatic rings. The molecule has 2 fully saturated rings. The van der Waals surface area contributed by atoms with Gasteiger partial charge in [-0.2, -0.15) is 5.26 Å². The highest BCUT2D eigenvalue weighted by Crippen LogP contribution is 2.54. The monoisotopic (exact) mass is 387 g/mol. The summed E-state index contributed by atoms with van der Waals surface area (Å²) < 4.78 is 5.21. The molecule has 3 rings (SSSR count). The fraction of sp³-hybridized carbons (Fsp3) is 0.474. The van der Waals surface area contributed by atoms with Crippen molar-refractivity contribution in [3.05, 3.63) is 35.9 Å². The average Bonchev–Trinajstić information content (AvgIpc) is 3.24. The van der Waals surface area contributed by atoms with Crippen LogP contribution in [0.4, 0.5) is 0 Å². The molecule has 8 heteroatoms. The van der Waals surface area contributed by atoms with Gasteiger partial charge in [0.25, 0.3) is 5.91 Å². The Hall–Kier alpha value is -2.53. The van der Waals surface area contributed by atoms with Crippen molar-refractivity contribution in [1.29, 1.82) is 5.26 Å². The number of esters is 1. The zero-order chi connectivity index (χ0) is 19.4. The summed E-state index contributed by atoms with van der Waals surface area (Å²) in [5, 5.41) is 8.58. The minimum absolute atomic E-state index is 0.0664. The Morgan fingerprint density at radius 3 is 2.85 bits per heavy atom. The van der Waals surface area contributed by atoms with Gasteiger partial charge in [-0.15, -0.1) is 11.8 Å². The largest absolute Gasteiger partial charge is 0.454 e. The van der Waals surface area contributed by atoms with E-state index in [-0.39, 0.29) is 31.4 Å². The van der Waals surface area contributed by atoms with Crippen LogP contribution in [0.1, 0.15) is 24.8 Å². The van der Waals surface area contributed by atoms with E-state index in [0.29, 0.717) is 18.6 Å². The van der Waals surface area contributed by atoms with Crippen LogP contribution in [0.25, 0.3) is 0 Å². The van der Waals surface area contributed by atoms with Gasteiger partial charge in [0.15, 0.2) is 6.61 Å². The Labute approximate surface area is 162 Å². The maximum Gasteiger partial charge on any atom is 0.330 e. The first-order valence-electron chi connectivity index (χ1n) is 8.79. The number of thioether (sulfide) groups is 1. The molecule has 142 valence electrons. The van der Waals surface area contributed by atoms with Gasteiger partial charge < -0.3 is 14.5 Å². The van der Waals surface area contributed by atoms with Gasteiger partial charge in [-0.25, -0.2) is 4.79 Å². The van der Waals surface area contributed by atoms with Crippen LogP contribution in [0.5, 0.6) is 0 Å². The molecule has 0 saturated carbocycles. The number of amides is 2. The third-order valence-electron chi connectivity index (χ3n) is 4.95. The summed E-state index contributed by atoms with van der Waals surface area (Å²) in [6.45, 7) is -0.101. The summed E-state index contributed by atoms with van der Waals surface area (Å²) in [5.74, 6) is -0.551. The van der Waals surface area contributed by atoms with Gasteiger partial charge in [-0.05, 0) is 12.0 Å². The number of benzene rings is 1. The van der Waals surface area contributed by atoms with E-state index in [1.165, 1.54) is 4.90 Å². The lowest BCUT2D eigenvalue weighted by Gasteiger charge is -2.33. The summed E-state index contributed by atoms with van der Waals surface area (Å²) in [7, 11) is 1.56. The van der Waals surface area contributed by atoms with Gasteiger partial charge in [-0.1, -0.05) is 30.3 Å². The van der Waals surface area contributed by atoms with Crippen molar-refractivity contribution in [1.82, 2.24) is 9.80 Å². The number of hydrogen-bond acceptors (Lipinski definition) is 6. The standard InChI is InChI=1S/C19H21N3O4S/c1-21(11-5-10-20)17(24)12-26-18(25)15-13-27-19(9-8-16(23)22(15)19)14-6-3-2-4-7-14/h2-4,6-7,15H,5,8-9,11-13H2,1H3/t15-,19-/m1/s1. The molecular weight excluding hydrogens is 366 g/mol. The lowest BCUT2D eigenvalue weighted by atomic mass is 10.0. The number of hydrogen-bond donors (Lipinski definition) is 0. The van der Waals surface area contributed by atoms with Crippen molar-refractivity contribution in [3.63, 3.8) is 0 Å². The van der Waals surface area contributed by atoms with Crippen LogP contribution in [0.2, 0.25) is 0 Å². The SMILES string of the molecule is CN(CCC#N)C(=O)COC(=O)[C@H]1CS[C@@]2(c3ccccc3)CCC(=O)N12. The van der Waals surface area contributed by atoms with Gasteiger partial charge in [0.1, 0.15) is 10.9 Å². The van der Waals surface area contributed by atoms with Gasteiger partial charge in [0.05, 0.1) is 12.5 Å². The van der Waals surface area contributed by atoms with Crippen molar-refractivity contribution in [2.24, 2.45) is 0 Å². The van der Waals surface area contributed by atoms with E-state index in [9.17, 15) is 14.4 Å². The Kier molecular flexibility index (Phi) is 5.71. The first kappa shape index (κ1) is 19.2. The van der Waals surface area contributed by atoms with Crippen LogP contribution in [-0.4, -0.2) is 59.6 Å². The van der Waals surface area contributed by atoms with Crippen molar-refractivity contribution >= 4 is 29.5 Å². The molecule has 0 aliphatic carbocycles. The number of ether oxygens (including phenoxy) is 1. The Morgan fingerprint density at radius 2 is 2.15 bits per heavy atom. The van der Waals surface area contributed by atoms with E-state index in [1.54, 1.807) is 23.7 Å². The summed E-state index contributed by atoms with van der Waals surface area (Å²) in [6, 6.07) is 11.0. The fourth-order valence-corrected chi connectivity index (χ4v) is 5.13.